The fourth-order valence-corrected chi connectivity index (χ4v) is 4.42. The van der Waals surface area contributed by atoms with Crippen LogP contribution in [-0.4, -0.2) is 43.9 Å². The lowest BCUT2D eigenvalue weighted by Crippen LogP contribution is -2.35. The van der Waals surface area contributed by atoms with Gasteiger partial charge in [0.2, 0.25) is 0 Å². The summed E-state index contributed by atoms with van der Waals surface area (Å²) in [5, 5.41) is 11.5. The summed E-state index contributed by atoms with van der Waals surface area (Å²) in [5.41, 5.74) is 4.95. The van der Waals surface area contributed by atoms with Crippen molar-refractivity contribution >= 4 is 41.6 Å². The fraction of sp³-hybridized carbons (Fsp3) is 0.269. The third-order valence-corrected chi connectivity index (χ3v) is 6.08. The van der Waals surface area contributed by atoms with Gasteiger partial charge in [0.25, 0.3) is 5.91 Å². The second kappa shape index (κ2) is 12.3. The van der Waals surface area contributed by atoms with Gasteiger partial charge in [0, 0.05) is 42.2 Å². The van der Waals surface area contributed by atoms with Gasteiger partial charge in [-0.25, -0.2) is 14.4 Å². The first-order chi connectivity index (χ1) is 16.6. The first kappa shape index (κ1) is 27.5. The Balaban J connectivity index is 0.00000180. The van der Waals surface area contributed by atoms with Crippen molar-refractivity contribution in [2.24, 2.45) is 0 Å². The fourth-order valence-electron chi connectivity index (χ4n) is 4.42. The highest BCUT2D eigenvalue weighted by Gasteiger charge is 2.28. The summed E-state index contributed by atoms with van der Waals surface area (Å²) in [7, 11) is 0. The topological polar surface area (TPSA) is 80.5 Å². The molecule has 0 spiro atoms. The van der Waals surface area contributed by atoms with Gasteiger partial charge in [-0.05, 0) is 54.7 Å². The van der Waals surface area contributed by atoms with Crippen molar-refractivity contribution in [1.29, 1.82) is 0 Å². The van der Waals surface area contributed by atoms with E-state index >= 15 is 0 Å². The van der Waals surface area contributed by atoms with Crippen LogP contribution in [-0.2, 0) is 30.7 Å². The largest absolute Gasteiger partial charge is 0.377 e. The van der Waals surface area contributed by atoms with E-state index in [9.17, 15) is 14.4 Å². The van der Waals surface area contributed by atoms with Crippen LogP contribution in [0.3, 0.4) is 0 Å². The molecule has 190 valence electrons. The van der Waals surface area contributed by atoms with E-state index in [1.807, 2.05) is 24.4 Å². The number of halogens is 3. The highest BCUT2D eigenvalue weighted by atomic mass is 35.5. The smallest absolute Gasteiger partial charge is 0.296 e. The van der Waals surface area contributed by atoms with Crippen LogP contribution in [0.25, 0.3) is 10.9 Å². The van der Waals surface area contributed by atoms with Crippen LogP contribution in [0.2, 0.25) is 0 Å². The molecule has 7 nitrogen and oxygen atoms in total. The molecule has 10 heteroatoms. The predicted molar refractivity (Wildman–Crippen MR) is 138 cm³/mol. The van der Waals surface area contributed by atoms with Crippen molar-refractivity contribution in [2.75, 3.05) is 13.2 Å². The summed E-state index contributed by atoms with van der Waals surface area (Å²) >= 11 is 0. The van der Waals surface area contributed by atoms with Crippen molar-refractivity contribution in [3.8, 4) is 0 Å². The Hall–Kier alpha value is -3.04. The normalized spacial score (nSPS) is 12.7. The number of rotatable bonds is 8. The zero-order valence-corrected chi connectivity index (χ0v) is 21.1. The number of carbonyl (C=O) groups is 1. The Bertz CT molecular complexity index is 1320. The molecule has 0 unspecified atom stereocenters. The maximum atomic E-state index is 13.4. The van der Waals surface area contributed by atoms with Gasteiger partial charge in [-0.1, -0.05) is 18.2 Å². The summed E-state index contributed by atoms with van der Waals surface area (Å²) in [4.78, 5) is 21.2. The molecule has 1 aliphatic heterocycles. The van der Waals surface area contributed by atoms with E-state index in [4.69, 9.17) is 4.74 Å². The van der Waals surface area contributed by atoms with Gasteiger partial charge in [-0.15, -0.1) is 24.8 Å². The van der Waals surface area contributed by atoms with Crippen molar-refractivity contribution in [3.05, 3.63) is 95.0 Å². The standard InChI is InChI=1S/C26H25FN4O3.2ClH/c27-20-8-6-18(7-9-20)15-30-16-19(17-34-13-3-5-21-4-1-2-11-28-21)24-22-10-12-31(33)26(32)25(22)29-14-23(24)30;;/h1-2,4,6-9,11,14,16,33H,3,5,10,12-13,15,17H2;2*1H. The molecule has 5 rings (SSSR count). The van der Waals surface area contributed by atoms with E-state index in [0.717, 1.165) is 46.1 Å². The van der Waals surface area contributed by atoms with Crippen LogP contribution in [0.5, 0.6) is 0 Å². The van der Waals surface area contributed by atoms with Crippen LogP contribution < -0.4 is 0 Å². The third-order valence-electron chi connectivity index (χ3n) is 6.08. The summed E-state index contributed by atoms with van der Waals surface area (Å²) in [6.45, 7) is 1.73. The average molecular weight is 533 g/mol. The highest BCUT2D eigenvalue weighted by molar-refractivity contribution is 6.00. The van der Waals surface area contributed by atoms with Crippen LogP contribution in [0.4, 0.5) is 4.39 Å². The molecule has 1 N–H and O–H groups in total. The molecule has 4 heterocycles. The molecule has 0 radical (unpaired) electrons. The number of benzene rings is 1. The number of ether oxygens (including phenoxy) is 1. The molecular weight excluding hydrogens is 506 g/mol. The molecule has 0 fully saturated rings. The number of amides is 1. The molecule has 36 heavy (non-hydrogen) atoms. The summed E-state index contributed by atoms with van der Waals surface area (Å²) in [6.07, 6.45) is 7.67. The number of fused-ring (bicyclic) bond motifs is 3. The highest BCUT2D eigenvalue weighted by Crippen LogP contribution is 2.31. The van der Waals surface area contributed by atoms with Gasteiger partial charge in [-0.2, -0.15) is 0 Å². The zero-order chi connectivity index (χ0) is 23.5. The lowest BCUT2D eigenvalue weighted by atomic mass is 9.99. The molecule has 0 atom stereocenters. The molecule has 1 aliphatic rings. The minimum absolute atomic E-state index is 0. The minimum atomic E-state index is -0.489. The van der Waals surface area contributed by atoms with Crippen LogP contribution >= 0.6 is 24.8 Å². The van der Waals surface area contributed by atoms with E-state index in [-0.39, 0.29) is 42.9 Å². The minimum Gasteiger partial charge on any atom is -0.377 e. The molecule has 0 saturated heterocycles. The van der Waals surface area contributed by atoms with Gasteiger partial charge < -0.3 is 9.30 Å². The van der Waals surface area contributed by atoms with Gasteiger partial charge in [-0.3, -0.25) is 15.0 Å². The van der Waals surface area contributed by atoms with E-state index in [0.29, 0.717) is 31.2 Å². The van der Waals surface area contributed by atoms with Crippen LogP contribution in [0, 0.1) is 5.82 Å². The van der Waals surface area contributed by atoms with Crippen molar-refractivity contribution in [3.63, 3.8) is 0 Å². The van der Waals surface area contributed by atoms with Crippen LogP contribution in [0.15, 0.2) is 61.1 Å². The van der Waals surface area contributed by atoms with Crippen molar-refractivity contribution in [2.45, 2.75) is 32.4 Å². The maximum Gasteiger partial charge on any atom is 0.296 e. The second-order valence-corrected chi connectivity index (χ2v) is 8.41. The van der Waals surface area contributed by atoms with E-state index in [2.05, 4.69) is 14.5 Å². The molecule has 0 bridgehead atoms. The lowest BCUT2D eigenvalue weighted by molar-refractivity contribution is -0.0606. The molecular formula is C26H27Cl2FN4O3. The SMILES string of the molecule is Cl.Cl.O=C1c2ncc3c(c(COCCCc4ccccn4)cn3Cc3ccc(F)cc3)c2CCN1O. The Kier molecular flexibility index (Phi) is 9.39. The van der Waals surface area contributed by atoms with Gasteiger partial charge in [0.15, 0.2) is 0 Å². The molecule has 3 aromatic heterocycles. The Morgan fingerprint density at radius 3 is 2.64 bits per heavy atom. The molecule has 1 aromatic carbocycles. The second-order valence-electron chi connectivity index (χ2n) is 8.41. The van der Waals surface area contributed by atoms with E-state index in [1.54, 1.807) is 24.5 Å². The number of hydrogen-bond acceptors (Lipinski definition) is 5. The summed E-state index contributed by atoms with van der Waals surface area (Å²) < 4.78 is 21.4. The number of hydroxylamine groups is 2. The molecule has 0 aliphatic carbocycles. The summed E-state index contributed by atoms with van der Waals surface area (Å²) in [5.74, 6) is -0.764. The Morgan fingerprint density at radius 1 is 1.08 bits per heavy atom. The number of hydrogen-bond donors (Lipinski definition) is 1. The third kappa shape index (κ3) is 5.84. The van der Waals surface area contributed by atoms with E-state index in [1.165, 1.54) is 12.1 Å². The molecule has 1 amide bonds. The van der Waals surface area contributed by atoms with Gasteiger partial charge >= 0.3 is 0 Å². The van der Waals surface area contributed by atoms with Crippen LogP contribution in [0.1, 0.15) is 39.3 Å². The zero-order valence-electron chi connectivity index (χ0n) is 19.5. The first-order valence-corrected chi connectivity index (χ1v) is 11.3. The molecule has 4 aromatic rings. The van der Waals surface area contributed by atoms with Crippen molar-refractivity contribution < 1.29 is 19.1 Å². The Morgan fingerprint density at radius 2 is 1.89 bits per heavy atom. The van der Waals surface area contributed by atoms with Gasteiger partial charge in [0.05, 0.1) is 24.9 Å². The van der Waals surface area contributed by atoms with Crippen molar-refractivity contribution in [1.82, 2.24) is 19.6 Å². The summed E-state index contributed by atoms with van der Waals surface area (Å²) in [6, 6.07) is 12.3. The number of aryl methyl sites for hydroxylation is 1. The van der Waals surface area contributed by atoms with Gasteiger partial charge in [0.1, 0.15) is 11.5 Å². The van der Waals surface area contributed by atoms with E-state index < -0.39 is 5.91 Å². The number of pyridine rings is 2. The Labute approximate surface area is 220 Å². The predicted octanol–water partition coefficient (Wildman–Crippen LogP) is 5.00. The average Bonchev–Trinajstić information content (AvgIpc) is 3.21. The lowest BCUT2D eigenvalue weighted by Gasteiger charge is -2.23. The number of aromatic nitrogens is 3. The number of nitrogens with zero attached hydrogens (tertiary/aromatic N) is 4. The quantitative estimate of drug-likeness (QED) is 0.255. The number of carbonyl (C=O) groups excluding carboxylic acids is 1. The monoisotopic (exact) mass is 532 g/mol. The molecule has 0 saturated carbocycles. The first-order valence-electron chi connectivity index (χ1n) is 11.3. The maximum absolute atomic E-state index is 13.4.